The van der Waals surface area contributed by atoms with E-state index < -0.39 is 0 Å². The molecule has 24 heavy (non-hydrogen) atoms. The molecule has 0 unspecified atom stereocenters. The minimum atomic E-state index is 0.597. The lowest BCUT2D eigenvalue weighted by Gasteiger charge is -2.02. The van der Waals surface area contributed by atoms with Crippen molar-refractivity contribution >= 4 is 24.1 Å². The quantitative estimate of drug-likeness (QED) is 0.539. The first-order valence-electron chi connectivity index (χ1n) is 7.27. The third kappa shape index (κ3) is 4.70. The maximum atomic E-state index is 4.34. The molecular formula is C17H15N7. The molecule has 0 saturated carbocycles. The highest BCUT2D eigenvalue weighted by molar-refractivity contribution is 5.78. The standard InChI is InChI=1S/C17H15N7/c1-3-10-18-14(6-1)12-20-23-16-8-5-9-17(22-16)24-21-13-15-7-2-4-11-19-15/h1-13H,(H2,22,23,24). The van der Waals surface area contributed by atoms with Gasteiger partial charge in [-0.1, -0.05) is 18.2 Å². The second kappa shape index (κ2) is 8.14. The van der Waals surface area contributed by atoms with Crippen molar-refractivity contribution in [1.29, 1.82) is 0 Å². The SMILES string of the molecule is C(=NNc1cccc(NN=Cc2ccccn2)n1)c1ccccn1. The molecule has 2 N–H and O–H groups in total. The van der Waals surface area contributed by atoms with Gasteiger partial charge in [0.25, 0.3) is 0 Å². The Labute approximate surface area is 139 Å². The van der Waals surface area contributed by atoms with Crippen LogP contribution in [-0.2, 0) is 0 Å². The van der Waals surface area contributed by atoms with Crippen molar-refractivity contribution in [2.24, 2.45) is 10.2 Å². The van der Waals surface area contributed by atoms with E-state index in [1.807, 2.05) is 54.6 Å². The van der Waals surface area contributed by atoms with E-state index in [2.05, 4.69) is 36.0 Å². The smallest absolute Gasteiger partial charge is 0.148 e. The third-order valence-corrected chi connectivity index (χ3v) is 2.88. The number of hydrogen-bond donors (Lipinski definition) is 2. The monoisotopic (exact) mass is 317 g/mol. The number of nitrogens with one attached hydrogen (secondary N) is 2. The van der Waals surface area contributed by atoms with Crippen LogP contribution in [0.2, 0.25) is 0 Å². The van der Waals surface area contributed by atoms with E-state index in [0.29, 0.717) is 11.6 Å². The zero-order chi connectivity index (χ0) is 16.5. The Morgan fingerprint density at radius 2 is 1.21 bits per heavy atom. The Hall–Kier alpha value is -3.61. The lowest BCUT2D eigenvalue weighted by Crippen LogP contribution is -1.98. The Bertz CT molecular complexity index is 750. The molecule has 0 amide bonds. The lowest BCUT2D eigenvalue weighted by atomic mass is 10.4. The van der Waals surface area contributed by atoms with Gasteiger partial charge in [0.2, 0.25) is 0 Å². The molecule has 0 saturated heterocycles. The summed E-state index contributed by atoms with van der Waals surface area (Å²) < 4.78 is 0. The molecule has 0 spiro atoms. The fourth-order valence-electron chi connectivity index (χ4n) is 1.79. The maximum Gasteiger partial charge on any atom is 0.148 e. The Morgan fingerprint density at radius 3 is 1.67 bits per heavy atom. The van der Waals surface area contributed by atoms with Gasteiger partial charge in [-0.05, 0) is 36.4 Å². The Kier molecular flexibility index (Phi) is 5.18. The molecule has 3 heterocycles. The molecule has 3 rings (SSSR count). The van der Waals surface area contributed by atoms with Gasteiger partial charge in [-0.15, -0.1) is 0 Å². The zero-order valence-corrected chi connectivity index (χ0v) is 12.7. The fourth-order valence-corrected chi connectivity index (χ4v) is 1.79. The molecule has 0 radical (unpaired) electrons. The van der Waals surface area contributed by atoms with Crippen LogP contribution in [0.5, 0.6) is 0 Å². The van der Waals surface area contributed by atoms with Crippen LogP contribution >= 0.6 is 0 Å². The van der Waals surface area contributed by atoms with Crippen LogP contribution in [0.3, 0.4) is 0 Å². The van der Waals surface area contributed by atoms with Crippen molar-refractivity contribution in [2.45, 2.75) is 0 Å². The van der Waals surface area contributed by atoms with Crippen LogP contribution in [0.4, 0.5) is 11.6 Å². The molecule has 7 nitrogen and oxygen atoms in total. The summed E-state index contributed by atoms with van der Waals surface area (Å²) >= 11 is 0. The van der Waals surface area contributed by atoms with Gasteiger partial charge in [0.15, 0.2) is 0 Å². The van der Waals surface area contributed by atoms with E-state index >= 15 is 0 Å². The van der Waals surface area contributed by atoms with Gasteiger partial charge < -0.3 is 0 Å². The third-order valence-electron chi connectivity index (χ3n) is 2.88. The topological polar surface area (TPSA) is 87.5 Å². The number of aromatic nitrogens is 3. The predicted molar refractivity (Wildman–Crippen MR) is 95.1 cm³/mol. The highest BCUT2D eigenvalue weighted by Gasteiger charge is 1.95. The first kappa shape index (κ1) is 15.3. The molecule has 0 aliphatic rings. The van der Waals surface area contributed by atoms with Crippen molar-refractivity contribution < 1.29 is 0 Å². The summed E-state index contributed by atoms with van der Waals surface area (Å²) in [5.74, 6) is 1.19. The van der Waals surface area contributed by atoms with Gasteiger partial charge in [-0.25, -0.2) is 4.98 Å². The van der Waals surface area contributed by atoms with E-state index in [9.17, 15) is 0 Å². The first-order valence-corrected chi connectivity index (χ1v) is 7.27. The van der Waals surface area contributed by atoms with Crippen molar-refractivity contribution in [1.82, 2.24) is 15.0 Å². The largest absolute Gasteiger partial charge is 0.261 e. The minimum absolute atomic E-state index is 0.597. The van der Waals surface area contributed by atoms with Gasteiger partial charge in [-0.3, -0.25) is 20.8 Å². The van der Waals surface area contributed by atoms with Crippen molar-refractivity contribution in [3.63, 3.8) is 0 Å². The minimum Gasteiger partial charge on any atom is -0.261 e. The molecule has 0 atom stereocenters. The molecular weight excluding hydrogens is 302 g/mol. The van der Waals surface area contributed by atoms with Gasteiger partial charge >= 0.3 is 0 Å². The summed E-state index contributed by atoms with van der Waals surface area (Å²) in [7, 11) is 0. The van der Waals surface area contributed by atoms with Gasteiger partial charge in [0.05, 0.1) is 23.8 Å². The van der Waals surface area contributed by atoms with Gasteiger partial charge in [0, 0.05) is 12.4 Å². The zero-order valence-electron chi connectivity index (χ0n) is 12.7. The van der Waals surface area contributed by atoms with Crippen molar-refractivity contribution in [3.8, 4) is 0 Å². The normalized spacial score (nSPS) is 11.0. The molecule has 7 heteroatoms. The van der Waals surface area contributed by atoms with Crippen LogP contribution in [0.1, 0.15) is 11.4 Å². The average Bonchev–Trinajstić information content (AvgIpc) is 2.64. The molecule has 0 aliphatic heterocycles. The van der Waals surface area contributed by atoms with Crippen LogP contribution in [0, 0.1) is 0 Å². The van der Waals surface area contributed by atoms with E-state index in [4.69, 9.17) is 0 Å². The average molecular weight is 317 g/mol. The highest BCUT2D eigenvalue weighted by atomic mass is 15.3. The Morgan fingerprint density at radius 1 is 0.667 bits per heavy atom. The number of anilines is 2. The summed E-state index contributed by atoms with van der Waals surface area (Å²) in [5, 5.41) is 8.21. The number of hydrogen-bond acceptors (Lipinski definition) is 7. The van der Waals surface area contributed by atoms with Crippen LogP contribution in [0.15, 0.2) is 77.2 Å². The van der Waals surface area contributed by atoms with Gasteiger partial charge in [0.1, 0.15) is 11.6 Å². The number of rotatable bonds is 6. The van der Waals surface area contributed by atoms with Crippen LogP contribution in [-0.4, -0.2) is 27.4 Å². The summed E-state index contributed by atoms with van der Waals surface area (Å²) in [5.41, 5.74) is 7.24. The molecule has 3 aromatic heterocycles. The van der Waals surface area contributed by atoms with Crippen molar-refractivity contribution in [3.05, 3.63) is 78.4 Å². The summed E-state index contributed by atoms with van der Waals surface area (Å²) in [6, 6.07) is 16.7. The van der Waals surface area contributed by atoms with Gasteiger partial charge in [-0.2, -0.15) is 10.2 Å². The van der Waals surface area contributed by atoms with E-state index in [1.54, 1.807) is 24.8 Å². The Balaban J connectivity index is 1.58. The summed E-state index contributed by atoms with van der Waals surface area (Å²) in [4.78, 5) is 12.6. The molecule has 118 valence electrons. The van der Waals surface area contributed by atoms with E-state index in [-0.39, 0.29) is 0 Å². The fraction of sp³-hybridized carbons (Fsp3) is 0. The molecule has 0 aliphatic carbocycles. The van der Waals surface area contributed by atoms with Crippen molar-refractivity contribution in [2.75, 3.05) is 10.9 Å². The lowest BCUT2D eigenvalue weighted by molar-refractivity contribution is 1.18. The summed E-state index contributed by atoms with van der Waals surface area (Å²) in [6.07, 6.45) is 6.68. The molecule has 3 aromatic rings. The molecule has 0 bridgehead atoms. The first-order chi connectivity index (χ1) is 11.9. The highest BCUT2D eigenvalue weighted by Crippen LogP contribution is 2.09. The van der Waals surface area contributed by atoms with E-state index in [1.165, 1.54) is 0 Å². The molecule has 0 aromatic carbocycles. The predicted octanol–water partition coefficient (Wildman–Crippen LogP) is 2.76. The van der Waals surface area contributed by atoms with E-state index in [0.717, 1.165) is 11.4 Å². The van der Waals surface area contributed by atoms with Crippen LogP contribution < -0.4 is 10.9 Å². The molecule has 0 fully saturated rings. The van der Waals surface area contributed by atoms with Crippen LogP contribution in [0.25, 0.3) is 0 Å². The number of hydrazone groups is 2. The summed E-state index contributed by atoms with van der Waals surface area (Å²) in [6.45, 7) is 0. The maximum absolute atomic E-state index is 4.34. The second-order valence-electron chi connectivity index (χ2n) is 4.66. The number of nitrogens with zero attached hydrogens (tertiary/aromatic N) is 5. The number of pyridine rings is 3. The second-order valence-corrected chi connectivity index (χ2v) is 4.66.